The Balaban J connectivity index is 1.01. The third kappa shape index (κ3) is 4.57. The Morgan fingerprint density at radius 1 is 0.268 bits per heavy atom. The van der Waals surface area contributed by atoms with Crippen LogP contribution in [-0.2, 0) is 0 Å². The van der Waals surface area contributed by atoms with Gasteiger partial charge in [-0.15, -0.1) is 0 Å². The number of benzene rings is 10. The SMILES string of the molecule is c1ccc(-c2cccc3c2oc2ccccc23)c(-c2ccc(-c3c4ccccc4c(-c4ccc5c(c4)oc4ccc6ccccc6c45)c4ccccc34)cc2)c1. The lowest BCUT2D eigenvalue weighted by molar-refractivity contribution is 0.669. The topological polar surface area (TPSA) is 26.3 Å². The number of rotatable bonds is 4. The zero-order valence-corrected chi connectivity index (χ0v) is 30.3. The molecule has 10 aromatic carbocycles. The summed E-state index contributed by atoms with van der Waals surface area (Å²) in [6.45, 7) is 0. The molecule has 12 aromatic rings. The summed E-state index contributed by atoms with van der Waals surface area (Å²) in [4.78, 5) is 0. The zero-order chi connectivity index (χ0) is 36.7. The molecule has 0 unspecified atom stereocenters. The molecule has 2 aromatic heterocycles. The van der Waals surface area contributed by atoms with Gasteiger partial charge in [0.2, 0.25) is 0 Å². The molecule has 0 amide bonds. The van der Waals surface area contributed by atoms with Crippen molar-refractivity contribution >= 4 is 76.2 Å². The van der Waals surface area contributed by atoms with Gasteiger partial charge in [0, 0.05) is 27.1 Å². The van der Waals surface area contributed by atoms with Crippen molar-refractivity contribution < 1.29 is 8.83 Å². The first-order valence-corrected chi connectivity index (χ1v) is 19.2. The van der Waals surface area contributed by atoms with E-state index in [0.717, 1.165) is 60.7 Å². The maximum absolute atomic E-state index is 6.55. The average Bonchev–Trinajstić information content (AvgIpc) is 3.84. The highest BCUT2D eigenvalue weighted by Crippen LogP contribution is 2.46. The summed E-state index contributed by atoms with van der Waals surface area (Å²) in [7, 11) is 0. The Hall–Kier alpha value is -7.42. The van der Waals surface area contributed by atoms with Crippen molar-refractivity contribution in [2.45, 2.75) is 0 Å². The van der Waals surface area contributed by atoms with E-state index in [2.05, 4.69) is 182 Å². The predicted octanol–water partition coefficient (Wildman–Crippen LogP) is 15.6. The van der Waals surface area contributed by atoms with Gasteiger partial charge in [-0.2, -0.15) is 0 Å². The summed E-state index contributed by atoms with van der Waals surface area (Å²) >= 11 is 0. The first kappa shape index (κ1) is 31.0. The Morgan fingerprint density at radius 2 is 0.821 bits per heavy atom. The Bertz CT molecular complexity index is 3470. The molecule has 0 N–H and O–H groups in total. The first-order chi connectivity index (χ1) is 27.8. The molecule has 0 saturated heterocycles. The highest BCUT2D eigenvalue weighted by atomic mass is 16.3. The van der Waals surface area contributed by atoms with Crippen LogP contribution in [0.2, 0.25) is 0 Å². The normalized spacial score (nSPS) is 11.9. The Morgan fingerprint density at radius 3 is 1.57 bits per heavy atom. The molecule has 0 aliphatic heterocycles. The van der Waals surface area contributed by atoms with E-state index in [1.807, 2.05) is 12.1 Å². The maximum atomic E-state index is 6.55. The minimum atomic E-state index is 0.901. The van der Waals surface area contributed by atoms with Gasteiger partial charge in [0.1, 0.15) is 22.3 Å². The summed E-state index contributed by atoms with van der Waals surface area (Å²) in [5.41, 5.74) is 13.0. The third-order valence-electron chi connectivity index (χ3n) is 11.7. The molecule has 0 aliphatic carbocycles. The first-order valence-electron chi connectivity index (χ1n) is 19.2. The van der Waals surface area contributed by atoms with E-state index in [1.54, 1.807) is 0 Å². The van der Waals surface area contributed by atoms with Gasteiger partial charge in [-0.05, 0) is 95.5 Å². The molecule has 0 atom stereocenters. The highest BCUT2D eigenvalue weighted by molar-refractivity contribution is 6.23. The molecular formula is C54H32O2. The van der Waals surface area contributed by atoms with Crippen LogP contribution in [0, 0.1) is 0 Å². The summed E-state index contributed by atoms with van der Waals surface area (Å²) in [6.07, 6.45) is 0. The molecule has 0 fully saturated rings. The van der Waals surface area contributed by atoms with Crippen LogP contribution in [0.4, 0.5) is 0 Å². The van der Waals surface area contributed by atoms with Crippen molar-refractivity contribution in [3.63, 3.8) is 0 Å². The van der Waals surface area contributed by atoms with E-state index in [9.17, 15) is 0 Å². The summed E-state index contributed by atoms with van der Waals surface area (Å²) in [5.74, 6) is 0. The molecule has 0 spiro atoms. The molecule has 0 bridgehead atoms. The lowest BCUT2D eigenvalue weighted by Crippen LogP contribution is -1.91. The van der Waals surface area contributed by atoms with Crippen molar-refractivity contribution in [2.24, 2.45) is 0 Å². The second kappa shape index (κ2) is 12.0. The molecular weight excluding hydrogens is 681 g/mol. The standard InChI is InChI=1S/C54H32O2/c1-2-14-38-33(12-1)29-31-49-53(38)47-30-28-36(32-50(47)55-49)52-43-19-7-5-17-41(43)51(42-18-6-8-20-44(42)52)35-26-24-34(25-27-35)37-13-3-4-15-39(37)45-21-11-22-46-40-16-9-10-23-48(40)56-54(45)46/h1-32H. The number of furan rings is 2. The van der Waals surface area contributed by atoms with E-state index in [0.29, 0.717) is 0 Å². The highest BCUT2D eigenvalue weighted by Gasteiger charge is 2.20. The van der Waals surface area contributed by atoms with Crippen LogP contribution in [0.25, 0.3) is 121 Å². The van der Waals surface area contributed by atoms with E-state index >= 15 is 0 Å². The van der Waals surface area contributed by atoms with Gasteiger partial charge < -0.3 is 8.83 Å². The Kier molecular flexibility index (Phi) is 6.66. The quantitative estimate of drug-likeness (QED) is 0.170. The van der Waals surface area contributed by atoms with Crippen LogP contribution < -0.4 is 0 Å². The number of hydrogen-bond donors (Lipinski definition) is 0. The lowest BCUT2D eigenvalue weighted by atomic mass is 9.85. The summed E-state index contributed by atoms with van der Waals surface area (Å²) < 4.78 is 13.0. The second-order valence-corrected chi connectivity index (χ2v) is 14.7. The molecule has 2 nitrogen and oxygen atoms in total. The van der Waals surface area contributed by atoms with E-state index in [1.165, 1.54) is 60.0 Å². The van der Waals surface area contributed by atoms with Gasteiger partial charge in [-0.1, -0.05) is 170 Å². The monoisotopic (exact) mass is 712 g/mol. The van der Waals surface area contributed by atoms with Gasteiger partial charge in [0.25, 0.3) is 0 Å². The van der Waals surface area contributed by atoms with Gasteiger partial charge in [-0.25, -0.2) is 0 Å². The van der Waals surface area contributed by atoms with Crippen LogP contribution in [0.3, 0.4) is 0 Å². The van der Waals surface area contributed by atoms with Crippen molar-refractivity contribution in [3.8, 4) is 44.5 Å². The molecule has 0 saturated carbocycles. The number of hydrogen-bond acceptors (Lipinski definition) is 2. The number of para-hydroxylation sites is 2. The Labute approximate surface area is 322 Å². The zero-order valence-electron chi connectivity index (χ0n) is 30.3. The summed E-state index contributed by atoms with van der Waals surface area (Å²) in [5, 5.41) is 11.9. The molecule has 2 heteroatoms. The molecule has 0 aliphatic rings. The van der Waals surface area contributed by atoms with Crippen molar-refractivity contribution in [1.82, 2.24) is 0 Å². The largest absolute Gasteiger partial charge is 0.456 e. The molecule has 0 radical (unpaired) electrons. The van der Waals surface area contributed by atoms with Crippen LogP contribution in [0.1, 0.15) is 0 Å². The maximum Gasteiger partial charge on any atom is 0.143 e. The van der Waals surface area contributed by atoms with Gasteiger partial charge >= 0.3 is 0 Å². The van der Waals surface area contributed by atoms with Crippen LogP contribution in [0.15, 0.2) is 203 Å². The molecule has 56 heavy (non-hydrogen) atoms. The molecule has 260 valence electrons. The molecule has 2 heterocycles. The lowest BCUT2D eigenvalue weighted by Gasteiger charge is -2.18. The minimum Gasteiger partial charge on any atom is -0.456 e. The second-order valence-electron chi connectivity index (χ2n) is 14.7. The summed E-state index contributed by atoms with van der Waals surface area (Å²) in [6, 6.07) is 69.7. The smallest absolute Gasteiger partial charge is 0.143 e. The van der Waals surface area contributed by atoms with Gasteiger partial charge in [-0.3, -0.25) is 0 Å². The van der Waals surface area contributed by atoms with E-state index < -0.39 is 0 Å². The van der Waals surface area contributed by atoms with E-state index in [-0.39, 0.29) is 0 Å². The minimum absolute atomic E-state index is 0.901. The van der Waals surface area contributed by atoms with Gasteiger partial charge in [0.05, 0.1) is 0 Å². The number of fused-ring (bicyclic) bond motifs is 10. The van der Waals surface area contributed by atoms with Crippen molar-refractivity contribution in [2.75, 3.05) is 0 Å². The average molecular weight is 713 g/mol. The third-order valence-corrected chi connectivity index (χ3v) is 11.7. The van der Waals surface area contributed by atoms with Gasteiger partial charge in [0.15, 0.2) is 0 Å². The predicted molar refractivity (Wildman–Crippen MR) is 235 cm³/mol. The molecule has 12 rings (SSSR count). The van der Waals surface area contributed by atoms with Crippen molar-refractivity contribution in [3.05, 3.63) is 194 Å². The fourth-order valence-electron chi connectivity index (χ4n) is 9.20. The van der Waals surface area contributed by atoms with Crippen LogP contribution in [0.5, 0.6) is 0 Å². The fraction of sp³-hybridized carbons (Fsp3) is 0. The van der Waals surface area contributed by atoms with E-state index in [4.69, 9.17) is 8.83 Å². The van der Waals surface area contributed by atoms with Crippen LogP contribution in [-0.4, -0.2) is 0 Å². The van der Waals surface area contributed by atoms with Crippen LogP contribution >= 0.6 is 0 Å². The fourth-order valence-corrected chi connectivity index (χ4v) is 9.20. The van der Waals surface area contributed by atoms with Crippen molar-refractivity contribution in [1.29, 1.82) is 0 Å².